The fourth-order valence-corrected chi connectivity index (χ4v) is 2.44. The maximum absolute atomic E-state index is 12.7. The van der Waals surface area contributed by atoms with Crippen LogP contribution >= 0.6 is 0 Å². The second kappa shape index (κ2) is 7.36. The maximum atomic E-state index is 12.7. The molecule has 0 radical (unpaired) electrons. The van der Waals surface area contributed by atoms with E-state index in [1.54, 1.807) is 10.9 Å². The summed E-state index contributed by atoms with van der Waals surface area (Å²) in [5.74, 6) is 1.19. The Bertz CT molecular complexity index is 851. The highest BCUT2D eigenvalue weighted by atomic mass is 16.3. The van der Waals surface area contributed by atoms with Crippen LogP contribution in [0.25, 0.3) is 17.1 Å². The molecule has 1 aromatic carbocycles. The van der Waals surface area contributed by atoms with E-state index in [2.05, 4.69) is 15.7 Å². The van der Waals surface area contributed by atoms with Crippen molar-refractivity contribution in [2.75, 3.05) is 13.6 Å². The number of benzene rings is 1. The molecule has 0 saturated heterocycles. The minimum absolute atomic E-state index is 0.173. The molecule has 0 aliphatic carbocycles. The second-order valence-corrected chi connectivity index (χ2v) is 5.98. The molecule has 2 heterocycles. The third-order valence-electron chi connectivity index (χ3n) is 4.01. The van der Waals surface area contributed by atoms with Crippen LogP contribution in [0, 0.1) is 6.92 Å². The zero-order valence-electron chi connectivity index (χ0n) is 14.6. The Kier molecular flexibility index (Phi) is 5.00. The number of likely N-dealkylation sites (N-methyl/N-ethyl adjacent to an activating group) is 1. The van der Waals surface area contributed by atoms with E-state index in [9.17, 15) is 4.79 Å². The number of amides is 1. The molecule has 0 aliphatic heterocycles. The molecule has 1 amide bonds. The van der Waals surface area contributed by atoms with Gasteiger partial charge >= 0.3 is 0 Å². The predicted octanol–water partition coefficient (Wildman–Crippen LogP) is 2.78. The monoisotopic (exact) mass is 338 g/mol. The highest BCUT2D eigenvalue weighted by molar-refractivity contribution is 5.99. The van der Waals surface area contributed by atoms with Crippen LogP contribution in [0.3, 0.4) is 0 Å². The highest BCUT2D eigenvalue weighted by Gasteiger charge is 2.21. The zero-order chi connectivity index (χ0) is 17.8. The number of nitrogens with zero attached hydrogens (tertiary/aromatic N) is 2. The largest absolute Gasteiger partial charge is 0.460 e. The van der Waals surface area contributed by atoms with E-state index in [1.807, 2.05) is 63.4 Å². The van der Waals surface area contributed by atoms with Crippen LogP contribution in [0.5, 0.6) is 0 Å². The number of aryl methyl sites for hydroxylation is 1. The lowest BCUT2D eigenvalue weighted by Gasteiger charge is -2.10. The lowest BCUT2D eigenvalue weighted by Crippen LogP contribution is -2.37. The third kappa shape index (κ3) is 3.80. The van der Waals surface area contributed by atoms with Gasteiger partial charge in [0, 0.05) is 18.8 Å². The van der Waals surface area contributed by atoms with Gasteiger partial charge in [-0.05, 0) is 45.2 Å². The number of aromatic nitrogens is 2. The predicted molar refractivity (Wildman–Crippen MR) is 96.9 cm³/mol. The molecule has 0 fully saturated rings. The summed E-state index contributed by atoms with van der Waals surface area (Å²) in [4.78, 5) is 12.7. The second-order valence-electron chi connectivity index (χ2n) is 5.98. The van der Waals surface area contributed by atoms with Crippen molar-refractivity contribution in [1.82, 2.24) is 20.4 Å². The summed E-state index contributed by atoms with van der Waals surface area (Å²) >= 11 is 0. The third-order valence-corrected chi connectivity index (χ3v) is 4.01. The van der Waals surface area contributed by atoms with E-state index in [0.717, 1.165) is 11.4 Å². The van der Waals surface area contributed by atoms with Gasteiger partial charge < -0.3 is 15.1 Å². The molecule has 3 aromatic rings. The van der Waals surface area contributed by atoms with Crippen molar-refractivity contribution in [2.45, 2.75) is 19.9 Å². The molecular formula is C19H22N4O2. The number of nitrogens with one attached hydrogen (secondary N) is 2. The molecule has 0 spiro atoms. The van der Waals surface area contributed by atoms with Gasteiger partial charge in [0.2, 0.25) is 0 Å². The summed E-state index contributed by atoms with van der Waals surface area (Å²) in [5.41, 5.74) is 1.91. The average Bonchev–Trinajstić information content (AvgIpc) is 3.26. The summed E-state index contributed by atoms with van der Waals surface area (Å²) in [6.45, 7) is 4.40. The first-order chi connectivity index (χ1) is 12.1. The van der Waals surface area contributed by atoms with Gasteiger partial charge in [-0.15, -0.1) is 0 Å². The smallest absolute Gasteiger partial charge is 0.255 e. The molecule has 6 heteroatoms. The van der Waals surface area contributed by atoms with E-state index in [0.29, 0.717) is 23.6 Å². The van der Waals surface area contributed by atoms with Crippen LogP contribution in [-0.4, -0.2) is 35.3 Å². The Hall–Kier alpha value is -2.86. The van der Waals surface area contributed by atoms with Crippen LogP contribution in [0.1, 0.15) is 23.0 Å². The first kappa shape index (κ1) is 17.0. The number of carbonyl (C=O) groups is 1. The highest BCUT2D eigenvalue weighted by Crippen LogP contribution is 2.25. The van der Waals surface area contributed by atoms with Gasteiger partial charge in [0.15, 0.2) is 5.76 Å². The molecule has 0 bridgehead atoms. The summed E-state index contributed by atoms with van der Waals surface area (Å²) in [6.07, 6.45) is 1.74. The fourth-order valence-electron chi connectivity index (χ4n) is 2.44. The van der Waals surface area contributed by atoms with E-state index in [1.165, 1.54) is 0 Å². The van der Waals surface area contributed by atoms with Crippen molar-refractivity contribution in [2.24, 2.45) is 0 Å². The van der Waals surface area contributed by atoms with Gasteiger partial charge in [-0.2, -0.15) is 5.10 Å². The first-order valence-electron chi connectivity index (χ1n) is 8.26. The number of rotatable bonds is 6. The summed E-state index contributed by atoms with van der Waals surface area (Å²) in [7, 11) is 1.86. The standard InChI is InChI=1S/C19H22N4O2/c1-13(20-3)11-21-19(24)16-12-23(15-7-5-4-6-8-15)22-18(16)17-10-9-14(2)25-17/h4-10,12-13,20H,11H2,1-3H3,(H,21,24). The Labute approximate surface area is 146 Å². The Morgan fingerprint density at radius 3 is 2.64 bits per heavy atom. The molecule has 6 nitrogen and oxygen atoms in total. The zero-order valence-corrected chi connectivity index (χ0v) is 14.6. The van der Waals surface area contributed by atoms with Gasteiger partial charge in [-0.3, -0.25) is 4.79 Å². The van der Waals surface area contributed by atoms with Crippen LogP contribution in [-0.2, 0) is 0 Å². The number of furan rings is 1. The molecule has 0 saturated carbocycles. The van der Waals surface area contributed by atoms with E-state index >= 15 is 0 Å². The van der Waals surface area contributed by atoms with Crippen molar-refractivity contribution in [1.29, 1.82) is 0 Å². The quantitative estimate of drug-likeness (QED) is 0.725. The summed E-state index contributed by atoms with van der Waals surface area (Å²) < 4.78 is 7.39. The van der Waals surface area contributed by atoms with Crippen LogP contribution < -0.4 is 10.6 Å². The minimum Gasteiger partial charge on any atom is -0.460 e. The van der Waals surface area contributed by atoms with Gasteiger partial charge in [0.1, 0.15) is 11.5 Å². The topological polar surface area (TPSA) is 72.1 Å². The Balaban J connectivity index is 1.97. The molecule has 1 atom stereocenters. The molecular weight excluding hydrogens is 316 g/mol. The number of para-hydroxylation sites is 1. The van der Waals surface area contributed by atoms with Gasteiger partial charge in [-0.1, -0.05) is 18.2 Å². The molecule has 3 rings (SSSR count). The first-order valence-corrected chi connectivity index (χ1v) is 8.26. The normalized spacial score (nSPS) is 12.1. The van der Waals surface area contributed by atoms with E-state index in [-0.39, 0.29) is 11.9 Å². The van der Waals surface area contributed by atoms with Crippen molar-refractivity contribution < 1.29 is 9.21 Å². The molecule has 130 valence electrons. The van der Waals surface area contributed by atoms with Gasteiger partial charge in [0.25, 0.3) is 5.91 Å². The van der Waals surface area contributed by atoms with Crippen LogP contribution in [0.2, 0.25) is 0 Å². The van der Waals surface area contributed by atoms with Gasteiger partial charge in [-0.25, -0.2) is 4.68 Å². The molecule has 25 heavy (non-hydrogen) atoms. The molecule has 2 aromatic heterocycles. The maximum Gasteiger partial charge on any atom is 0.255 e. The minimum atomic E-state index is -0.173. The summed E-state index contributed by atoms with van der Waals surface area (Å²) in [6, 6.07) is 13.6. The number of hydrogen-bond donors (Lipinski definition) is 2. The molecule has 0 aliphatic rings. The average molecular weight is 338 g/mol. The molecule has 2 N–H and O–H groups in total. The van der Waals surface area contributed by atoms with Crippen molar-refractivity contribution in [3.8, 4) is 17.1 Å². The lowest BCUT2D eigenvalue weighted by molar-refractivity contribution is 0.0951. The lowest BCUT2D eigenvalue weighted by atomic mass is 10.2. The SMILES string of the molecule is CNC(C)CNC(=O)c1cn(-c2ccccc2)nc1-c1ccc(C)o1. The van der Waals surface area contributed by atoms with Crippen molar-refractivity contribution in [3.63, 3.8) is 0 Å². The summed E-state index contributed by atoms with van der Waals surface area (Å²) in [5, 5.41) is 10.6. The number of hydrogen-bond acceptors (Lipinski definition) is 4. The van der Waals surface area contributed by atoms with E-state index in [4.69, 9.17) is 4.42 Å². The Morgan fingerprint density at radius 1 is 1.24 bits per heavy atom. The molecule has 1 unspecified atom stereocenters. The number of carbonyl (C=O) groups excluding carboxylic acids is 1. The van der Waals surface area contributed by atoms with Crippen LogP contribution in [0.4, 0.5) is 0 Å². The van der Waals surface area contributed by atoms with Crippen LogP contribution in [0.15, 0.2) is 53.1 Å². The fraction of sp³-hybridized carbons (Fsp3) is 0.263. The van der Waals surface area contributed by atoms with Gasteiger partial charge in [0.05, 0.1) is 11.3 Å². The van der Waals surface area contributed by atoms with Crippen molar-refractivity contribution >= 4 is 5.91 Å². The van der Waals surface area contributed by atoms with Crippen molar-refractivity contribution in [3.05, 3.63) is 60.0 Å². The Morgan fingerprint density at radius 2 is 2.00 bits per heavy atom. The van der Waals surface area contributed by atoms with E-state index < -0.39 is 0 Å².